The Bertz CT molecular complexity index is 1400. The third-order valence-corrected chi connectivity index (χ3v) is 5.20. The van der Waals surface area contributed by atoms with E-state index in [2.05, 4.69) is 5.10 Å². The molecule has 0 N–H and O–H groups in total. The minimum Gasteiger partial charge on any atom is -0.494 e. The summed E-state index contributed by atoms with van der Waals surface area (Å²) in [6, 6.07) is 11.5. The smallest absolute Gasteiger partial charge is 0.352 e. The van der Waals surface area contributed by atoms with Crippen LogP contribution in [0.4, 0.5) is 0 Å². The molecule has 0 saturated heterocycles. The first-order valence-electron chi connectivity index (χ1n) is 10.0. The molecule has 0 atom stereocenters. The number of rotatable bonds is 7. The van der Waals surface area contributed by atoms with Crippen molar-refractivity contribution in [3.8, 4) is 5.75 Å². The monoisotopic (exact) mass is 440 g/mol. The van der Waals surface area contributed by atoms with Gasteiger partial charge in [-0.3, -0.25) is 14.2 Å². The first kappa shape index (κ1) is 20.9. The van der Waals surface area contributed by atoms with Crippen LogP contribution < -0.4 is 16.0 Å². The van der Waals surface area contributed by atoms with Crippen molar-refractivity contribution in [2.24, 2.45) is 0 Å². The summed E-state index contributed by atoms with van der Waals surface area (Å²) in [5, 5.41) is 5.06. The molecule has 4 aromatic rings. The molecule has 0 amide bonds. The van der Waals surface area contributed by atoms with Gasteiger partial charge in [0.15, 0.2) is 5.78 Å². The lowest BCUT2D eigenvalue weighted by Crippen LogP contribution is -2.27. The summed E-state index contributed by atoms with van der Waals surface area (Å²) in [5.41, 5.74) is 0.0739. The Morgan fingerprint density at radius 2 is 1.84 bits per heavy atom. The number of carbonyl (C=O) groups is 1. The number of ketones is 1. The maximum absolute atomic E-state index is 13.1. The fraction of sp³-hybridized carbons (Fsp3) is 0.273. The maximum Gasteiger partial charge on any atom is 0.352 e. The van der Waals surface area contributed by atoms with Gasteiger partial charge >= 0.3 is 5.69 Å². The first-order chi connectivity index (χ1) is 14.9. The largest absolute Gasteiger partial charge is 0.494 e. The number of aryl methyl sites for hydroxylation is 1. The van der Waals surface area contributed by atoms with Crippen LogP contribution in [-0.4, -0.2) is 31.1 Å². The molecule has 0 bridgehead atoms. The number of nitrogens with zero attached hydrogens (tertiary/aromatic N) is 4. The summed E-state index contributed by atoms with van der Waals surface area (Å²) in [5.74, 6) is 0.592. The van der Waals surface area contributed by atoms with E-state index >= 15 is 0 Å². The Labute approximate surface area is 182 Å². The van der Waals surface area contributed by atoms with Gasteiger partial charge in [0.1, 0.15) is 12.3 Å². The van der Waals surface area contributed by atoms with Gasteiger partial charge in [-0.15, -0.1) is 5.10 Å². The predicted octanol–water partition coefficient (Wildman–Crippen LogP) is 3.16. The lowest BCUT2D eigenvalue weighted by atomic mass is 10.1. The van der Waals surface area contributed by atoms with E-state index in [1.165, 1.54) is 8.97 Å². The number of halogens is 1. The number of fused-ring (bicyclic) bond motifs is 3. The fourth-order valence-corrected chi connectivity index (χ4v) is 3.72. The van der Waals surface area contributed by atoms with Gasteiger partial charge in [0, 0.05) is 17.1 Å². The summed E-state index contributed by atoms with van der Waals surface area (Å²) in [6.45, 7) is 4.47. The van der Waals surface area contributed by atoms with Gasteiger partial charge < -0.3 is 4.74 Å². The van der Waals surface area contributed by atoms with Crippen molar-refractivity contribution < 1.29 is 9.53 Å². The zero-order chi connectivity index (χ0) is 22.1. The van der Waals surface area contributed by atoms with E-state index < -0.39 is 5.69 Å². The summed E-state index contributed by atoms with van der Waals surface area (Å²) < 4.78 is 9.28. The molecule has 0 saturated carbocycles. The standard InChI is InChI=1S/C22H21ClN4O4/c1-3-11-25-20(29)17-12-15(23)7-10-18(17)27-21(25)24-26(22(27)30)13-19(28)14-5-8-16(9-6-14)31-4-2/h5-10,12H,3-4,11,13H2,1-2H3. The molecule has 0 aliphatic heterocycles. The quantitative estimate of drug-likeness (QED) is 0.412. The van der Waals surface area contributed by atoms with Crippen LogP contribution in [0.25, 0.3) is 16.7 Å². The Balaban J connectivity index is 1.82. The number of ether oxygens (including phenoxy) is 1. The van der Waals surface area contributed by atoms with Gasteiger partial charge in [0.05, 0.1) is 17.5 Å². The molecule has 31 heavy (non-hydrogen) atoms. The summed E-state index contributed by atoms with van der Waals surface area (Å²) >= 11 is 6.07. The lowest BCUT2D eigenvalue weighted by molar-refractivity contribution is 0.0966. The zero-order valence-electron chi connectivity index (χ0n) is 17.2. The zero-order valence-corrected chi connectivity index (χ0v) is 17.9. The van der Waals surface area contributed by atoms with Crippen molar-refractivity contribution in [2.75, 3.05) is 6.61 Å². The Hall–Kier alpha value is -3.39. The van der Waals surface area contributed by atoms with E-state index in [0.717, 1.165) is 4.68 Å². The van der Waals surface area contributed by atoms with E-state index in [9.17, 15) is 14.4 Å². The molecule has 160 valence electrons. The van der Waals surface area contributed by atoms with E-state index in [0.29, 0.717) is 46.8 Å². The van der Waals surface area contributed by atoms with Gasteiger partial charge in [0.25, 0.3) is 5.56 Å². The lowest BCUT2D eigenvalue weighted by Gasteiger charge is -2.08. The molecule has 4 rings (SSSR count). The van der Waals surface area contributed by atoms with Gasteiger partial charge in [-0.2, -0.15) is 0 Å². The molecule has 2 aromatic carbocycles. The fourth-order valence-electron chi connectivity index (χ4n) is 3.55. The molecular formula is C22H21ClN4O4. The molecular weight excluding hydrogens is 420 g/mol. The molecule has 0 aliphatic carbocycles. The van der Waals surface area contributed by atoms with Crippen LogP contribution in [0.5, 0.6) is 5.75 Å². The second-order valence-electron chi connectivity index (χ2n) is 7.07. The van der Waals surface area contributed by atoms with E-state index in [1.54, 1.807) is 42.5 Å². The predicted molar refractivity (Wildman–Crippen MR) is 118 cm³/mol. The molecule has 0 spiro atoms. The van der Waals surface area contributed by atoms with Crippen molar-refractivity contribution in [3.05, 3.63) is 73.9 Å². The minimum atomic E-state index is -0.494. The molecule has 9 heteroatoms. The van der Waals surface area contributed by atoms with Crippen LogP contribution in [0.1, 0.15) is 30.6 Å². The van der Waals surface area contributed by atoms with E-state index in [1.807, 2.05) is 13.8 Å². The van der Waals surface area contributed by atoms with E-state index in [4.69, 9.17) is 16.3 Å². The number of benzene rings is 2. The van der Waals surface area contributed by atoms with Crippen LogP contribution >= 0.6 is 11.6 Å². The molecule has 2 aromatic heterocycles. The molecule has 0 unspecified atom stereocenters. The van der Waals surface area contributed by atoms with Crippen LogP contribution in [0.3, 0.4) is 0 Å². The third-order valence-electron chi connectivity index (χ3n) is 4.97. The second-order valence-corrected chi connectivity index (χ2v) is 7.51. The molecule has 0 fully saturated rings. The average Bonchev–Trinajstić information content (AvgIpc) is 3.08. The third kappa shape index (κ3) is 3.74. The molecule has 0 radical (unpaired) electrons. The molecule has 2 heterocycles. The van der Waals surface area contributed by atoms with Crippen molar-refractivity contribution in [1.82, 2.24) is 18.7 Å². The summed E-state index contributed by atoms with van der Waals surface area (Å²) in [4.78, 5) is 38.9. The van der Waals surface area contributed by atoms with Crippen molar-refractivity contribution in [1.29, 1.82) is 0 Å². The van der Waals surface area contributed by atoms with Gasteiger partial charge in [-0.05, 0) is 55.8 Å². The second kappa shape index (κ2) is 8.39. The average molecular weight is 441 g/mol. The summed E-state index contributed by atoms with van der Waals surface area (Å²) in [6.07, 6.45) is 0.674. The topological polar surface area (TPSA) is 87.6 Å². The highest BCUT2D eigenvalue weighted by Crippen LogP contribution is 2.17. The molecule has 0 aliphatic rings. The highest BCUT2D eigenvalue weighted by molar-refractivity contribution is 6.31. The van der Waals surface area contributed by atoms with Crippen LogP contribution in [-0.2, 0) is 13.1 Å². The highest BCUT2D eigenvalue weighted by atomic mass is 35.5. The number of hydrogen-bond acceptors (Lipinski definition) is 5. The van der Waals surface area contributed by atoms with E-state index in [-0.39, 0.29) is 23.7 Å². The number of aromatic nitrogens is 4. The first-order valence-corrected chi connectivity index (χ1v) is 10.4. The summed E-state index contributed by atoms with van der Waals surface area (Å²) in [7, 11) is 0. The van der Waals surface area contributed by atoms with Crippen molar-refractivity contribution >= 4 is 34.1 Å². The number of hydrogen-bond donors (Lipinski definition) is 0. The highest BCUT2D eigenvalue weighted by Gasteiger charge is 2.19. The number of Topliss-reactive ketones (excluding diaryl/α,β-unsaturated/α-hetero) is 1. The van der Waals surface area contributed by atoms with Crippen molar-refractivity contribution in [3.63, 3.8) is 0 Å². The molecule has 8 nitrogen and oxygen atoms in total. The minimum absolute atomic E-state index is 0.200. The van der Waals surface area contributed by atoms with Gasteiger partial charge in [-0.25, -0.2) is 13.9 Å². The van der Waals surface area contributed by atoms with Crippen molar-refractivity contribution in [2.45, 2.75) is 33.4 Å². The van der Waals surface area contributed by atoms with Gasteiger partial charge in [-0.1, -0.05) is 18.5 Å². The Morgan fingerprint density at radius 3 is 2.52 bits per heavy atom. The van der Waals surface area contributed by atoms with Crippen LogP contribution in [0.2, 0.25) is 5.02 Å². The SMILES string of the molecule is CCCn1c(=O)c2cc(Cl)ccc2n2c(=O)n(CC(=O)c3ccc(OCC)cc3)nc12. The van der Waals surface area contributed by atoms with Crippen LogP contribution in [0.15, 0.2) is 52.1 Å². The van der Waals surface area contributed by atoms with Gasteiger partial charge in [0.2, 0.25) is 5.78 Å². The maximum atomic E-state index is 13.1. The normalized spacial score (nSPS) is 11.3. The number of carbonyl (C=O) groups excluding carboxylic acids is 1. The Morgan fingerprint density at radius 1 is 1.10 bits per heavy atom. The Kier molecular flexibility index (Phi) is 5.65. The van der Waals surface area contributed by atoms with Crippen LogP contribution in [0, 0.1) is 0 Å².